The highest BCUT2D eigenvalue weighted by atomic mass is 16.5. The van der Waals surface area contributed by atoms with Crippen molar-refractivity contribution >= 4 is 11.8 Å². The molecule has 1 aliphatic carbocycles. The van der Waals surface area contributed by atoms with Gasteiger partial charge in [0.1, 0.15) is 11.8 Å². The van der Waals surface area contributed by atoms with Crippen LogP contribution in [-0.4, -0.2) is 29.9 Å². The van der Waals surface area contributed by atoms with Gasteiger partial charge in [0.25, 0.3) is 5.91 Å². The molecule has 1 N–H and O–H groups in total. The predicted octanol–water partition coefficient (Wildman–Crippen LogP) is 5.12. The van der Waals surface area contributed by atoms with Crippen molar-refractivity contribution in [1.29, 1.82) is 0 Å². The van der Waals surface area contributed by atoms with Gasteiger partial charge in [0.15, 0.2) is 5.76 Å². The van der Waals surface area contributed by atoms with Gasteiger partial charge in [0.05, 0.1) is 13.4 Å². The van der Waals surface area contributed by atoms with E-state index >= 15 is 0 Å². The standard InChI is InChI=1S/C27H30N2O4/c1-32-23-16-14-21(15-17-23)25(26(30)28-22-11-6-3-7-12-22)29(19-20-9-4-2-5-10-20)27(31)24-13-8-18-33-24/h2,4-5,8-10,13-18,22,25H,3,6-7,11-12,19H2,1H3,(H,28,30)/t25-/m0/s1. The molecule has 6 heteroatoms. The third-order valence-corrected chi connectivity index (χ3v) is 6.13. The van der Waals surface area contributed by atoms with Gasteiger partial charge in [-0.3, -0.25) is 9.59 Å². The quantitative estimate of drug-likeness (QED) is 0.521. The number of ether oxygens (including phenoxy) is 1. The molecule has 0 aliphatic heterocycles. The van der Waals surface area contributed by atoms with Gasteiger partial charge in [-0.15, -0.1) is 0 Å². The molecular formula is C27H30N2O4. The largest absolute Gasteiger partial charge is 0.497 e. The second kappa shape index (κ2) is 10.9. The highest BCUT2D eigenvalue weighted by Gasteiger charge is 2.34. The van der Waals surface area contributed by atoms with Gasteiger partial charge >= 0.3 is 0 Å². The van der Waals surface area contributed by atoms with Gasteiger partial charge in [-0.05, 0) is 48.2 Å². The molecule has 6 nitrogen and oxygen atoms in total. The molecule has 1 fully saturated rings. The molecule has 0 unspecified atom stereocenters. The van der Waals surface area contributed by atoms with Gasteiger partial charge < -0.3 is 19.4 Å². The second-order valence-electron chi connectivity index (χ2n) is 8.42. The average molecular weight is 447 g/mol. The van der Waals surface area contributed by atoms with Crippen LogP contribution in [-0.2, 0) is 11.3 Å². The molecule has 0 bridgehead atoms. The molecule has 0 saturated heterocycles. The molecule has 1 saturated carbocycles. The van der Waals surface area contributed by atoms with Gasteiger partial charge in [-0.25, -0.2) is 0 Å². The third-order valence-electron chi connectivity index (χ3n) is 6.13. The first-order chi connectivity index (χ1) is 16.2. The van der Waals surface area contributed by atoms with E-state index in [1.807, 2.05) is 54.6 Å². The molecule has 172 valence electrons. The number of benzene rings is 2. The Labute approximate surface area is 194 Å². The van der Waals surface area contributed by atoms with Crippen LogP contribution in [0.15, 0.2) is 77.4 Å². The van der Waals surface area contributed by atoms with E-state index in [0.717, 1.165) is 36.8 Å². The second-order valence-corrected chi connectivity index (χ2v) is 8.42. The highest BCUT2D eigenvalue weighted by Crippen LogP contribution is 2.28. The number of hydrogen-bond acceptors (Lipinski definition) is 4. The Morgan fingerprint density at radius 2 is 1.73 bits per heavy atom. The lowest BCUT2D eigenvalue weighted by atomic mass is 9.94. The Bertz CT molecular complexity index is 1030. The average Bonchev–Trinajstić information content (AvgIpc) is 3.40. The number of carbonyl (C=O) groups excluding carboxylic acids is 2. The van der Waals surface area contributed by atoms with Crippen molar-refractivity contribution in [2.24, 2.45) is 0 Å². The van der Waals surface area contributed by atoms with Crippen molar-refractivity contribution in [3.8, 4) is 5.75 Å². The highest BCUT2D eigenvalue weighted by molar-refractivity contribution is 5.96. The zero-order valence-corrected chi connectivity index (χ0v) is 18.9. The molecule has 4 rings (SSSR count). The molecule has 0 radical (unpaired) electrons. The lowest BCUT2D eigenvalue weighted by molar-refractivity contribution is -0.127. The van der Waals surface area contributed by atoms with Crippen molar-refractivity contribution in [2.75, 3.05) is 7.11 Å². The molecule has 2 amide bonds. The molecule has 1 heterocycles. The predicted molar refractivity (Wildman–Crippen MR) is 126 cm³/mol. The monoisotopic (exact) mass is 446 g/mol. The van der Waals surface area contributed by atoms with E-state index in [-0.39, 0.29) is 30.2 Å². The van der Waals surface area contributed by atoms with E-state index in [0.29, 0.717) is 5.75 Å². The number of rotatable bonds is 8. The summed E-state index contributed by atoms with van der Waals surface area (Å²) in [6, 6.07) is 19.6. The summed E-state index contributed by atoms with van der Waals surface area (Å²) in [5, 5.41) is 3.22. The summed E-state index contributed by atoms with van der Waals surface area (Å²) in [6.45, 7) is 0.273. The topological polar surface area (TPSA) is 71.8 Å². The van der Waals surface area contributed by atoms with Gasteiger partial charge in [-0.1, -0.05) is 61.7 Å². The number of hydrogen-bond donors (Lipinski definition) is 1. The number of nitrogens with zero attached hydrogens (tertiary/aromatic N) is 1. The lowest BCUT2D eigenvalue weighted by Gasteiger charge is -2.33. The molecule has 1 aliphatic rings. The van der Waals surface area contributed by atoms with Crippen LogP contribution in [0, 0.1) is 0 Å². The molecule has 2 aromatic carbocycles. The van der Waals surface area contributed by atoms with E-state index < -0.39 is 6.04 Å². The van der Waals surface area contributed by atoms with E-state index in [2.05, 4.69) is 5.32 Å². The summed E-state index contributed by atoms with van der Waals surface area (Å²) >= 11 is 0. The first-order valence-corrected chi connectivity index (χ1v) is 11.5. The van der Waals surface area contributed by atoms with Crippen molar-refractivity contribution in [3.63, 3.8) is 0 Å². The summed E-state index contributed by atoms with van der Waals surface area (Å²) in [5.74, 6) is 0.387. The summed E-state index contributed by atoms with van der Waals surface area (Å²) < 4.78 is 10.7. The van der Waals surface area contributed by atoms with E-state index in [1.54, 1.807) is 24.1 Å². The van der Waals surface area contributed by atoms with E-state index in [1.165, 1.54) is 12.7 Å². The number of nitrogens with one attached hydrogen (secondary N) is 1. The fourth-order valence-corrected chi connectivity index (χ4v) is 4.39. The maximum absolute atomic E-state index is 13.7. The Morgan fingerprint density at radius 1 is 1.00 bits per heavy atom. The fourth-order valence-electron chi connectivity index (χ4n) is 4.39. The zero-order valence-electron chi connectivity index (χ0n) is 18.9. The van der Waals surface area contributed by atoms with Gasteiger partial charge in [0, 0.05) is 12.6 Å². The molecule has 1 atom stereocenters. The summed E-state index contributed by atoms with van der Waals surface area (Å²) in [7, 11) is 1.60. The van der Waals surface area contributed by atoms with E-state index in [4.69, 9.17) is 9.15 Å². The maximum Gasteiger partial charge on any atom is 0.290 e. The molecule has 0 spiro atoms. The van der Waals surface area contributed by atoms with Crippen molar-refractivity contribution in [1.82, 2.24) is 10.2 Å². The smallest absolute Gasteiger partial charge is 0.290 e. The van der Waals surface area contributed by atoms with Crippen LogP contribution in [0.2, 0.25) is 0 Å². The van der Waals surface area contributed by atoms with Crippen LogP contribution < -0.4 is 10.1 Å². The lowest BCUT2D eigenvalue weighted by Crippen LogP contribution is -2.46. The van der Waals surface area contributed by atoms with Crippen LogP contribution in [0.25, 0.3) is 0 Å². The Balaban J connectivity index is 1.71. The Kier molecular flexibility index (Phi) is 7.45. The number of furan rings is 1. The van der Waals surface area contributed by atoms with Gasteiger partial charge in [-0.2, -0.15) is 0 Å². The van der Waals surface area contributed by atoms with Gasteiger partial charge in [0.2, 0.25) is 5.91 Å². The van der Waals surface area contributed by atoms with Crippen LogP contribution in [0.1, 0.15) is 59.8 Å². The maximum atomic E-state index is 13.7. The van der Waals surface area contributed by atoms with Crippen LogP contribution in [0.5, 0.6) is 5.75 Å². The van der Waals surface area contributed by atoms with Crippen LogP contribution >= 0.6 is 0 Å². The summed E-state index contributed by atoms with van der Waals surface area (Å²) in [4.78, 5) is 28.9. The molecular weight excluding hydrogens is 416 g/mol. The molecule has 1 aromatic heterocycles. The van der Waals surface area contributed by atoms with Crippen molar-refractivity contribution < 1.29 is 18.7 Å². The van der Waals surface area contributed by atoms with E-state index in [9.17, 15) is 9.59 Å². The minimum absolute atomic E-state index is 0.129. The molecule has 3 aromatic rings. The van der Waals surface area contributed by atoms with Crippen molar-refractivity contribution in [3.05, 3.63) is 89.9 Å². The summed E-state index contributed by atoms with van der Waals surface area (Å²) in [6.07, 6.45) is 6.82. The Morgan fingerprint density at radius 3 is 2.36 bits per heavy atom. The first-order valence-electron chi connectivity index (χ1n) is 11.5. The van der Waals surface area contributed by atoms with Crippen molar-refractivity contribution in [2.45, 2.75) is 50.7 Å². The zero-order chi connectivity index (χ0) is 23.0. The minimum Gasteiger partial charge on any atom is -0.497 e. The molecule has 33 heavy (non-hydrogen) atoms. The summed E-state index contributed by atoms with van der Waals surface area (Å²) in [5.41, 5.74) is 1.65. The van der Waals surface area contributed by atoms with Crippen LogP contribution in [0.4, 0.5) is 0 Å². The third kappa shape index (κ3) is 5.64. The normalized spacial score (nSPS) is 14.9. The van der Waals surface area contributed by atoms with Crippen LogP contribution in [0.3, 0.4) is 0 Å². The fraction of sp³-hybridized carbons (Fsp3) is 0.333. The Hall–Kier alpha value is -3.54. The number of carbonyl (C=O) groups is 2. The minimum atomic E-state index is -0.810. The first kappa shape index (κ1) is 22.6. The SMILES string of the molecule is COc1ccc([C@@H](C(=O)NC2CCCCC2)N(Cc2ccccc2)C(=O)c2ccco2)cc1. The number of amides is 2. The number of methoxy groups -OCH3 is 1.